The molecule has 1 aromatic carbocycles. The summed E-state index contributed by atoms with van der Waals surface area (Å²) in [6.45, 7) is 3.52. The Morgan fingerprint density at radius 2 is 1.92 bits per heavy atom. The molecule has 0 amide bonds. The Bertz CT molecular complexity index is 1440. The summed E-state index contributed by atoms with van der Waals surface area (Å²) in [4.78, 5) is 6.43. The molecule has 3 aliphatic carbocycles. The van der Waals surface area contributed by atoms with E-state index in [2.05, 4.69) is 29.0 Å². The lowest BCUT2D eigenvalue weighted by molar-refractivity contribution is -0.190. The molecule has 6 N–H and O–H groups in total. The van der Waals surface area contributed by atoms with Crippen LogP contribution in [0.2, 0.25) is 0 Å². The van der Waals surface area contributed by atoms with Crippen molar-refractivity contribution in [1.29, 1.82) is 0 Å². The van der Waals surface area contributed by atoms with Gasteiger partial charge in [0.2, 0.25) is 0 Å². The van der Waals surface area contributed by atoms with Crippen LogP contribution in [0.25, 0.3) is 10.8 Å². The van der Waals surface area contributed by atoms with E-state index in [0.29, 0.717) is 37.9 Å². The zero-order valence-electron chi connectivity index (χ0n) is 22.2. The van der Waals surface area contributed by atoms with E-state index in [1.54, 1.807) is 12.4 Å². The number of hydrogen-bond acceptors (Lipinski definition) is 8. The fourth-order valence-corrected chi connectivity index (χ4v) is 9.45. The number of aromatic nitrogens is 1. The lowest BCUT2D eigenvalue weighted by Crippen LogP contribution is -2.68. The van der Waals surface area contributed by atoms with Crippen molar-refractivity contribution in [2.75, 3.05) is 13.1 Å². The van der Waals surface area contributed by atoms with Gasteiger partial charge in [0, 0.05) is 54.3 Å². The molecule has 8 nitrogen and oxygen atoms in total. The minimum absolute atomic E-state index is 0.100. The highest BCUT2D eigenvalue weighted by Crippen LogP contribution is 2.70. The van der Waals surface area contributed by atoms with Gasteiger partial charge in [-0.2, -0.15) is 0 Å². The maximum Gasteiger partial charge on any atom is 0.121 e. The van der Waals surface area contributed by atoms with Crippen LogP contribution in [0, 0.1) is 11.3 Å². The number of fused-ring (bicyclic) bond motifs is 2. The normalized spacial score (nSPS) is 47.2. The quantitative estimate of drug-likeness (QED) is 0.394. The molecule has 8 heteroatoms. The molecular formula is C31H37N3O5. The number of allylic oxidation sites excluding steroid dienone is 1. The second kappa shape index (κ2) is 7.76. The fraction of sp³-hybridized carbons (Fsp3) is 0.581. The van der Waals surface area contributed by atoms with Gasteiger partial charge in [0.25, 0.3) is 0 Å². The Kier molecular flexibility index (Phi) is 4.90. The number of benzene rings is 1. The van der Waals surface area contributed by atoms with Crippen LogP contribution in [0.3, 0.4) is 0 Å². The summed E-state index contributed by atoms with van der Waals surface area (Å²) >= 11 is 0. The first-order valence-electron chi connectivity index (χ1n) is 14.3. The smallest absolute Gasteiger partial charge is 0.121 e. The van der Waals surface area contributed by atoms with Crippen molar-refractivity contribution in [1.82, 2.24) is 9.88 Å². The molecule has 4 fully saturated rings. The standard InChI is InChI=1S/C31H37N3O5/c1-28-6-4-19-11-22-26(36)27(37)23(34-15-21(32)16-34)13-29(22)7-8-30(19,39-29)24(28)12-25(35)31(28,38)20-3-2-17-5-9-33-14-18(17)10-20/h2-5,9-11,14,21,23-27,35-38H,6-8,12-13,15-16,32H2,1H3/t23-,24+,25+,26-,27-,28-,29+,30?,31+/m0/s1. The molecule has 6 aliphatic rings. The number of nitrogens with two attached hydrogens (primary N) is 1. The summed E-state index contributed by atoms with van der Waals surface area (Å²) < 4.78 is 7.20. The van der Waals surface area contributed by atoms with E-state index >= 15 is 0 Å². The van der Waals surface area contributed by atoms with Crippen molar-refractivity contribution in [2.45, 2.75) is 86.2 Å². The van der Waals surface area contributed by atoms with Gasteiger partial charge in [-0.1, -0.05) is 31.2 Å². The van der Waals surface area contributed by atoms with Crippen LogP contribution in [0.1, 0.15) is 44.6 Å². The summed E-state index contributed by atoms with van der Waals surface area (Å²) in [7, 11) is 0. The molecule has 0 radical (unpaired) electrons. The molecule has 1 aromatic heterocycles. The lowest BCUT2D eigenvalue weighted by atomic mass is 9.56. The number of ether oxygens (including phenoxy) is 1. The molecule has 2 bridgehead atoms. The van der Waals surface area contributed by atoms with Gasteiger partial charge in [0.1, 0.15) is 11.7 Å². The molecule has 4 heterocycles. The Morgan fingerprint density at radius 1 is 1.10 bits per heavy atom. The van der Waals surface area contributed by atoms with E-state index in [4.69, 9.17) is 10.5 Å². The SMILES string of the molecule is C[C@]12CC=C3C=C4[C@H](O)[C@@H](O)[C@@H](N5CC(N)C5)C[C@]45CCC3(O5)[C@@H]1C[C@@H](O)[C@]2(O)c1ccc2ccncc2c1. The number of nitrogens with zero attached hydrogens (tertiary/aromatic N) is 2. The van der Waals surface area contributed by atoms with Gasteiger partial charge >= 0.3 is 0 Å². The van der Waals surface area contributed by atoms with Crippen molar-refractivity contribution in [3.63, 3.8) is 0 Å². The van der Waals surface area contributed by atoms with E-state index in [1.807, 2.05) is 24.3 Å². The van der Waals surface area contributed by atoms with Gasteiger partial charge in [0.15, 0.2) is 0 Å². The van der Waals surface area contributed by atoms with Crippen LogP contribution in [0.15, 0.2) is 60.0 Å². The molecule has 9 atom stereocenters. The maximum absolute atomic E-state index is 12.5. The second-order valence-electron chi connectivity index (χ2n) is 13.3. The zero-order chi connectivity index (χ0) is 26.9. The molecule has 206 valence electrons. The molecule has 3 aliphatic heterocycles. The number of aliphatic hydroxyl groups excluding tert-OH is 3. The Labute approximate surface area is 227 Å². The van der Waals surface area contributed by atoms with E-state index < -0.39 is 40.5 Å². The first-order chi connectivity index (χ1) is 18.6. The molecule has 2 spiro atoms. The van der Waals surface area contributed by atoms with Gasteiger partial charge in [-0.25, -0.2) is 0 Å². The summed E-state index contributed by atoms with van der Waals surface area (Å²) in [6, 6.07) is 7.72. The van der Waals surface area contributed by atoms with Gasteiger partial charge < -0.3 is 30.9 Å². The van der Waals surface area contributed by atoms with Crippen LogP contribution in [0.4, 0.5) is 0 Å². The number of aliphatic hydroxyl groups is 4. The van der Waals surface area contributed by atoms with E-state index in [-0.39, 0.29) is 18.0 Å². The van der Waals surface area contributed by atoms with Gasteiger partial charge in [-0.05, 0) is 66.3 Å². The van der Waals surface area contributed by atoms with Crippen molar-refractivity contribution in [2.24, 2.45) is 17.1 Å². The van der Waals surface area contributed by atoms with Gasteiger partial charge in [-0.15, -0.1) is 0 Å². The molecule has 2 saturated carbocycles. The number of rotatable bonds is 2. The minimum atomic E-state index is -1.46. The number of hydrogen-bond donors (Lipinski definition) is 5. The third-order valence-electron chi connectivity index (χ3n) is 11.6. The first kappa shape index (κ1) is 24.6. The molecule has 1 unspecified atom stereocenters. The lowest BCUT2D eigenvalue weighted by Gasteiger charge is -2.58. The summed E-state index contributed by atoms with van der Waals surface area (Å²) in [5, 5.41) is 48.5. The molecule has 2 saturated heterocycles. The predicted molar refractivity (Wildman–Crippen MR) is 144 cm³/mol. The van der Waals surface area contributed by atoms with Crippen molar-refractivity contribution in [3.05, 3.63) is 65.5 Å². The monoisotopic (exact) mass is 531 g/mol. The maximum atomic E-state index is 12.5. The molecule has 2 aromatic rings. The van der Waals surface area contributed by atoms with E-state index in [9.17, 15) is 20.4 Å². The summed E-state index contributed by atoms with van der Waals surface area (Å²) in [6.07, 6.45) is 8.01. The average molecular weight is 532 g/mol. The molecule has 8 rings (SSSR count). The first-order valence-corrected chi connectivity index (χ1v) is 14.3. The topological polar surface area (TPSA) is 132 Å². The summed E-state index contributed by atoms with van der Waals surface area (Å²) in [5.74, 6) is -0.119. The van der Waals surface area contributed by atoms with Crippen LogP contribution < -0.4 is 5.73 Å². The van der Waals surface area contributed by atoms with E-state index in [0.717, 1.165) is 34.8 Å². The van der Waals surface area contributed by atoms with Gasteiger partial charge in [-0.3, -0.25) is 9.88 Å². The minimum Gasteiger partial charge on any atom is -0.390 e. The highest BCUT2D eigenvalue weighted by molar-refractivity contribution is 5.82. The predicted octanol–water partition coefficient (Wildman–Crippen LogP) is 1.50. The third kappa shape index (κ3) is 2.90. The Balaban J connectivity index is 1.21. The molecule has 39 heavy (non-hydrogen) atoms. The largest absolute Gasteiger partial charge is 0.390 e. The third-order valence-corrected chi connectivity index (χ3v) is 11.6. The van der Waals surface area contributed by atoms with Crippen molar-refractivity contribution >= 4 is 10.8 Å². The van der Waals surface area contributed by atoms with Crippen LogP contribution in [-0.2, 0) is 10.3 Å². The van der Waals surface area contributed by atoms with Crippen LogP contribution in [0.5, 0.6) is 0 Å². The highest BCUT2D eigenvalue weighted by Gasteiger charge is 2.73. The number of pyridine rings is 1. The zero-order valence-corrected chi connectivity index (χ0v) is 22.2. The average Bonchev–Trinajstić information content (AvgIpc) is 3.34. The van der Waals surface area contributed by atoms with Gasteiger partial charge in [0.05, 0.1) is 23.4 Å². The van der Waals surface area contributed by atoms with Crippen molar-refractivity contribution in [3.8, 4) is 0 Å². The summed E-state index contributed by atoms with van der Waals surface area (Å²) in [5.41, 5.74) is 5.10. The molecular weight excluding hydrogens is 494 g/mol. The van der Waals surface area contributed by atoms with Crippen LogP contribution >= 0.6 is 0 Å². The van der Waals surface area contributed by atoms with E-state index in [1.165, 1.54) is 0 Å². The van der Waals surface area contributed by atoms with Crippen LogP contribution in [-0.4, -0.2) is 85.0 Å². The highest BCUT2D eigenvalue weighted by atomic mass is 16.5. The van der Waals surface area contributed by atoms with Crippen molar-refractivity contribution < 1.29 is 25.2 Å². The second-order valence-corrected chi connectivity index (χ2v) is 13.3. The Morgan fingerprint density at radius 3 is 2.72 bits per heavy atom. The Hall–Kier alpha value is -2.17. The number of likely N-dealkylation sites (tertiary alicyclic amines) is 1. The fourth-order valence-electron chi connectivity index (χ4n) is 9.45.